The predicted octanol–water partition coefficient (Wildman–Crippen LogP) is 4.92. The molecule has 3 aromatic heterocycles. The van der Waals surface area contributed by atoms with E-state index in [2.05, 4.69) is 27.2 Å². The summed E-state index contributed by atoms with van der Waals surface area (Å²) in [5.74, 6) is 2.04. The van der Waals surface area contributed by atoms with Gasteiger partial charge in [-0.1, -0.05) is 23.4 Å². The molecule has 0 radical (unpaired) electrons. The largest absolute Gasteiger partial charge is 0.440 e. The van der Waals surface area contributed by atoms with Crippen molar-refractivity contribution >= 4 is 22.4 Å². The van der Waals surface area contributed by atoms with Gasteiger partial charge in [-0.2, -0.15) is 0 Å². The van der Waals surface area contributed by atoms with Crippen LogP contribution < -0.4 is 0 Å². The van der Waals surface area contributed by atoms with E-state index in [1.807, 2.05) is 35.7 Å². The molecule has 1 fully saturated rings. The number of aromatic nitrogens is 2. The standard InChI is InChI=1S/C20H19N3O2S/c1-2-7-17-16(6-1)21-20(24-17)14-5-3-9-23(12-14)13-15-11-18(25-22-15)19-8-4-10-26-19/h1-2,4,6-8,10-11,14H,3,5,9,12-13H2. The van der Waals surface area contributed by atoms with E-state index in [-0.39, 0.29) is 0 Å². The molecule has 1 aromatic carbocycles. The van der Waals surface area contributed by atoms with Crippen LogP contribution in [0.5, 0.6) is 0 Å². The van der Waals surface area contributed by atoms with E-state index in [9.17, 15) is 0 Å². The number of rotatable bonds is 4. The van der Waals surface area contributed by atoms with Gasteiger partial charge in [-0.25, -0.2) is 4.98 Å². The summed E-state index contributed by atoms with van der Waals surface area (Å²) in [6.07, 6.45) is 2.25. The molecule has 0 bridgehead atoms. The van der Waals surface area contributed by atoms with Gasteiger partial charge in [0.15, 0.2) is 17.2 Å². The van der Waals surface area contributed by atoms with Crippen LogP contribution in [0.15, 0.2) is 56.8 Å². The second kappa shape index (κ2) is 6.70. The highest BCUT2D eigenvalue weighted by molar-refractivity contribution is 7.13. The summed E-state index contributed by atoms with van der Waals surface area (Å²) < 4.78 is 11.5. The van der Waals surface area contributed by atoms with E-state index in [0.29, 0.717) is 5.92 Å². The Bertz CT molecular complexity index is 972. The first-order chi connectivity index (χ1) is 12.8. The molecule has 4 heterocycles. The molecule has 1 aliphatic heterocycles. The van der Waals surface area contributed by atoms with Crippen molar-refractivity contribution in [3.63, 3.8) is 0 Å². The zero-order chi connectivity index (χ0) is 17.3. The third-order valence-electron chi connectivity index (χ3n) is 4.87. The quantitative estimate of drug-likeness (QED) is 0.513. The van der Waals surface area contributed by atoms with Crippen LogP contribution in [0.1, 0.15) is 30.3 Å². The molecule has 0 spiro atoms. The SMILES string of the molecule is c1csc(-c2cc(CN3CCCC(c4nc5ccccc5o4)C3)no2)c1. The monoisotopic (exact) mass is 365 g/mol. The Morgan fingerprint density at radius 1 is 1.19 bits per heavy atom. The number of hydrogen-bond donors (Lipinski definition) is 0. The lowest BCUT2D eigenvalue weighted by Gasteiger charge is -2.30. The fourth-order valence-electron chi connectivity index (χ4n) is 3.62. The first-order valence-electron chi connectivity index (χ1n) is 8.92. The van der Waals surface area contributed by atoms with Crippen LogP contribution in [-0.4, -0.2) is 28.1 Å². The van der Waals surface area contributed by atoms with Gasteiger partial charge < -0.3 is 8.94 Å². The van der Waals surface area contributed by atoms with Crippen LogP contribution in [0, 0.1) is 0 Å². The van der Waals surface area contributed by atoms with Crippen LogP contribution >= 0.6 is 11.3 Å². The molecule has 5 nitrogen and oxygen atoms in total. The summed E-state index contributed by atoms with van der Waals surface area (Å²) in [5.41, 5.74) is 2.79. The maximum absolute atomic E-state index is 5.99. The van der Waals surface area contributed by atoms with Crippen LogP contribution in [0.4, 0.5) is 0 Å². The zero-order valence-corrected chi connectivity index (χ0v) is 15.1. The van der Waals surface area contributed by atoms with Gasteiger partial charge in [0, 0.05) is 25.1 Å². The minimum absolute atomic E-state index is 0.333. The summed E-state index contributed by atoms with van der Waals surface area (Å²) in [6, 6.07) is 14.1. The van der Waals surface area contributed by atoms with Gasteiger partial charge in [0.25, 0.3) is 0 Å². The smallest absolute Gasteiger partial charge is 0.199 e. The molecule has 1 atom stereocenters. The molecule has 0 aliphatic carbocycles. The van der Waals surface area contributed by atoms with Gasteiger partial charge >= 0.3 is 0 Å². The molecule has 26 heavy (non-hydrogen) atoms. The van der Waals surface area contributed by atoms with Gasteiger partial charge in [-0.15, -0.1) is 11.3 Å². The Balaban J connectivity index is 1.30. The van der Waals surface area contributed by atoms with Gasteiger partial charge in [0.05, 0.1) is 10.6 Å². The van der Waals surface area contributed by atoms with E-state index in [1.54, 1.807) is 11.3 Å². The summed E-state index contributed by atoms with van der Waals surface area (Å²) in [5, 5.41) is 6.30. The molecule has 1 unspecified atom stereocenters. The maximum atomic E-state index is 5.99. The number of para-hydroxylation sites is 2. The molecule has 0 saturated carbocycles. The number of oxazole rings is 1. The van der Waals surface area contributed by atoms with Gasteiger partial charge in [0.1, 0.15) is 5.52 Å². The molecule has 0 N–H and O–H groups in total. The lowest BCUT2D eigenvalue weighted by molar-refractivity contribution is 0.183. The third kappa shape index (κ3) is 3.06. The molecule has 0 amide bonds. The Kier molecular flexibility index (Phi) is 4.07. The van der Waals surface area contributed by atoms with E-state index >= 15 is 0 Å². The topological polar surface area (TPSA) is 55.3 Å². The fraction of sp³-hybridized carbons (Fsp3) is 0.300. The molecular weight excluding hydrogens is 346 g/mol. The van der Waals surface area contributed by atoms with Crippen molar-refractivity contribution in [1.82, 2.24) is 15.0 Å². The lowest BCUT2D eigenvalue weighted by atomic mass is 9.98. The molecule has 1 aliphatic rings. The summed E-state index contributed by atoms with van der Waals surface area (Å²) >= 11 is 1.67. The summed E-state index contributed by atoms with van der Waals surface area (Å²) in [4.78, 5) is 8.22. The third-order valence-corrected chi connectivity index (χ3v) is 5.76. The second-order valence-electron chi connectivity index (χ2n) is 6.75. The van der Waals surface area contributed by atoms with Crippen molar-refractivity contribution < 1.29 is 8.94 Å². The van der Waals surface area contributed by atoms with Crippen molar-refractivity contribution in [2.75, 3.05) is 13.1 Å². The first-order valence-corrected chi connectivity index (χ1v) is 9.80. The molecule has 5 rings (SSSR count). The maximum Gasteiger partial charge on any atom is 0.199 e. The van der Waals surface area contributed by atoms with Crippen molar-refractivity contribution in [3.8, 4) is 10.6 Å². The van der Waals surface area contributed by atoms with E-state index in [0.717, 1.165) is 65.8 Å². The Morgan fingerprint density at radius 3 is 3.04 bits per heavy atom. The van der Waals surface area contributed by atoms with Crippen LogP contribution in [0.2, 0.25) is 0 Å². The van der Waals surface area contributed by atoms with Crippen molar-refractivity contribution in [2.24, 2.45) is 0 Å². The predicted molar refractivity (Wildman–Crippen MR) is 101 cm³/mol. The van der Waals surface area contributed by atoms with Crippen molar-refractivity contribution in [2.45, 2.75) is 25.3 Å². The van der Waals surface area contributed by atoms with E-state index < -0.39 is 0 Å². The number of fused-ring (bicyclic) bond motifs is 1. The van der Waals surface area contributed by atoms with E-state index in [1.165, 1.54) is 0 Å². The minimum Gasteiger partial charge on any atom is -0.440 e. The normalized spacial score (nSPS) is 18.5. The van der Waals surface area contributed by atoms with E-state index in [4.69, 9.17) is 8.94 Å². The average molecular weight is 365 g/mol. The number of nitrogens with zero attached hydrogens (tertiary/aromatic N) is 3. The number of piperidine rings is 1. The van der Waals surface area contributed by atoms with Gasteiger partial charge in [0.2, 0.25) is 0 Å². The van der Waals surface area contributed by atoms with Crippen LogP contribution in [-0.2, 0) is 6.54 Å². The van der Waals surface area contributed by atoms with Gasteiger partial charge in [-0.05, 0) is 43.0 Å². The molecule has 4 aromatic rings. The number of likely N-dealkylation sites (tertiary alicyclic amines) is 1. The average Bonchev–Trinajstić information content (AvgIpc) is 3.41. The Labute approximate surface area is 155 Å². The zero-order valence-electron chi connectivity index (χ0n) is 14.3. The number of hydrogen-bond acceptors (Lipinski definition) is 6. The van der Waals surface area contributed by atoms with Crippen LogP contribution in [0.25, 0.3) is 21.7 Å². The molecule has 1 saturated heterocycles. The van der Waals surface area contributed by atoms with Crippen molar-refractivity contribution in [3.05, 3.63) is 59.4 Å². The Morgan fingerprint density at radius 2 is 2.15 bits per heavy atom. The minimum atomic E-state index is 0.333. The molecule has 6 heteroatoms. The van der Waals surface area contributed by atoms with Crippen LogP contribution in [0.3, 0.4) is 0 Å². The summed E-state index contributed by atoms with van der Waals surface area (Å²) in [7, 11) is 0. The molecule has 132 valence electrons. The highest BCUT2D eigenvalue weighted by Crippen LogP contribution is 2.30. The molecular formula is C20H19N3O2S. The fourth-order valence-corrected chi connectivity index (χ4v) is 4.29. The second-order valence-corrected chi connectivity index (χ2v) is 7.70. The Hall–Kier alpha value is -2.44. The summed E-state index contributed by atoms with van der Waals surface area (Å²) in [6.45, 7) is 2.80. The lowest BCUT2D eigenvalue weighted by Crippen LogP contribution is -2.34. The van der Waals surface area contributed by atoms with Crippen molar-refractivity contribution in [1.29, 1.82) is 0 Å². The number of thiophene rings is 1. The first kappa shape index (κ1) is 15.8. The highest BCUT2D eigenvalue weighted by atomic mass is 32.1. The van der Waals surface area contributed by atoms with Gasteiger partial charge in [-0.3, -0.25) is 4.90 Å². The number of benzene rings is 1. The highest BCUT2D eigenvalue weighted by Gasteiger charge is 2.26.